The first-order chi connectivity index (χ1) is 11.9. The highest BCUT2D eigenvalue weighted by molar-refractivity contribution is 5.68. The van der Waals surface area contributed by atoms with E-state index in [1.807, 2.05) is 25.7 Å². The van der Waals surface area contributed by atoms with Gasteiger partial charge in [-0.25, -0.2) is 4.79 Å². The van der Waals surface area contributed by atoms with Crippen LogP contribution in [0.4, 0.5) is 4.79 Å². The molecule has 1 aromatic rings. The number of hydrogen-bond donors (Lipinski definition) is 1. The number of likely N-dealkylation sites (tertiary alicyclic amines) is 1. The number of carbonyl (C=O) groups is 1. The van der Waals surface area contributed by atoms with Gasteiger partial charge in [0.25, 0.3) is 0 Å². The Balaban J connectivity index is 0.00000243. The maximum absolute atomic E-state index is 12.5. The lowest BCUT2D eigenvalue weighted by molar-refractivity contribution is 0.0284. The normalized spacial score (nSPS) is 23.7. The van der Waals surface area contributed by atoms with Crippen molar-refractivity contribution in [2.75, 3.05) is 26.2 Å². The highest BCUT2D eigenvalue weighted by atomic mass is 16.6. The average molecular weight is 347 g/mol. The molecule has 1 saturated carbocycles. The largest absolute Gasteiger partial charge is 0.444 e. The van der Waals surface area contributed by atoms with Gasteiger partial charge in [-0.2, -0.15) is 0 Å². The molecule has 0 radical (unpaired) electrons. The van der Waals surface area contributed by atoms with Crippen LogP contribution in [0.5, 0.6) is 0 Å². The highest BCUT2D eigenvalue weighted by Crippen LogP contribution is 2.30. The second-order valence-corrected chi connectivity index (χ2v) is 8.70. The number of hydrogen-bond acceptors (Lipinski definition) is 3. The lowest BCUT2D eigenvalue weighted by Crippen LogP contribution is -2.36. The van der Waals surface area contributed by atoms with E-state index in [4.69, 9.17) is 4.74 Å². The van der Waals surface area contributed by atoms with Crippen LogP contribution in [-0.2, 0) is 11.2 Å². The van der Waals surface area contributed by atoms with Crippen LogP contribution in [0.25, 0.3) is 0 Å². The summed E-state index contributed by atoms with van der Waals surface area (Å²) in [5.74, 6) is 1.86. The van der Waals surface area contributed by atoms with Crippen molar-refractivity contribution < 1.29 is 11.0 Å². The molecule has 3 rings (SSSR count). The predicted molar refractivity (Wildman–Crippen MR) is 103 cm³/mol. The van der Waals surface area contributed by atoms with E-state index >= 15 is 0 Å². The Labute approximate surface area is 153 Å². The molecular formula is C21H34N2O2. The zero-order valence-corrected chi connectivity index (χ0v) is 15.8. The molecule has 4 heteroatoms. The van der Waals surface area contributed by atoms with Gasteiger partial charge in [-0.3, -0.25) is 0 Å². The quantitative estimate of drug-likeness (QED) is 0.848. The number of nitrogens with zero attached hydrogens (tertiary/aromatic N) is 1. The maximum Gasteiger partial charge on any atom is 0.410 e. The van der Waals surface area contributed by atoms with Crippen LogP contribution in [0.3, 0.4) is 0 Å². The van der Waals surface area contributed by atoms with Gasteiger partial charge in [-0.05, 0) is 76.4 Å². The molecule has 0 unspecified atom stereocenters. The van der Waals surface area contributed by atoms with Crippen LogP contribution < -0.4 is 5.32 Å². The minimum atomic E-state index is -0.436. The van der Waals surface area contributed by atoms with E-state index in [1.165, 1.54) is 18.4 Å². The SMILES string of the molecule is CC(C)(C)OC(=O)N1C[C@@H](CNCC2CC2)[C@H](Cc2ccccc2)C1.[HH]. The van der Waals surface area contributed by atoms with Gasteiger partial charge in [-0.1, -0.05) is 30.3 Å². The molecule has 2 aliphatic rings. The molecule has 0 spiro atoms. The first-order valence-electron chi connectivity index (χ1n) is 9.63. The molecule has 1 aliphatic carbocycles. The molecule has 140 valence electrons. The Bertz CT molecular complexity index is 569. The van der Waals surface area contributed by atoms with Gasteiger partial charge >= 0.3 is 6.09 Å². The second-order valence-electron chi connectivity index (χ2n) is 8.70. The molecule has 2 fully saturated rings. The molecule has 0 aromatic heterocycles. The zero-order chi connectivity index (χ0) is 17.9. The van der Waals surface area contributed by atoms with E-state index in [0.717, 1.165) is 38.5 Å². The Morgan fingerprint density at radius 3 is 2.48 bits per heavy atom. The van der Waals surface area contributed by atoms with E-state index in [2.05, 4.69) is 35.6 Å². The van der Waals surface area contributed by atoms with Gasteiger partial charge < -0.3 is 15.0 Å². The third kappa shape index (κ3) is 5.74. The van der Waals surface area contributed by atoms with Crippen molar-refractivity contribution in [1.82, 2.24) is 10.2 Å². The van der Waals surface area contributed by atoms with Gasteiger partial charge in [0.05, 0.1) is 0 Å². The number of carbonyl (C=O) groups excluding carboxylic acids is 1. The van der Waals surface area contributed by atoms with Crippen LogP contribution in [0.2, 0.25) is 0 Å². The lowest BCUT2D eigenvalue weighted by atomic mass is 9.89. The monoisotopic (exact) mass is 346 g/mol. The first kappa shape index (κ1) is 18.2. The van der Waals surface area contributed by atoms with E-state index < -0.39 is 5.60 Å². The van der Waals surface area contributed by atoms with Crippen molar-refractivity contribution in [3.05, 3.63) is 35.9 Å². The third-order valence-electron chi connectivity index (χ3n) is 5.11. The maximum atomic E-state index is 12.5. The minimum absolute atomic E-state index is 0. The lowest BCUT2D eigenvalue weighted by Gasteiger charge is -2.24. The molecule has 1 N–H and O–H groups in total. The van der Waals surface area contributed by atoms with Crippen LogP contribution >= 0.6 is 0 Å². The second kappa shape index (κ2) is 7.77. The minimum Gasteiger partial charge on any atom is -0.444 e. The summed E-state index contributed by atoms with van der Waals surface area (Å²) in [6, 6.07) is 10.6. The average Bonchev–Trinajstić information content (AvgIpc) is 3.28. The van der Waals surface area contributed by atoms with Crippen molar-refractivity contribution in [1.29, 1.82) is 0 Å². The number of nitrogens with one attached hydrogen (secondary N) is 1. The number of rotatable bonds is 6. The summed E-state index contributed by atoms with van der Waals surface area (Å²) >= 11 is 0. The number of amides is 1. The van der Waals surface area contributed by atoms with E-state index in [0.29, 0.717) is 11.8 Å². The van der Waals surface area contributed by atoms with Gasteiger partial charge in [0.1, 0.15) is 5.60 Å². The van der Waals surface area contributed by atoms with E-state index in [1.54, 1.807) is 0 Å². The van der Waals surface area contributed by atoms with Crippen LogP contribution in [0, 0.1) is 17.8 Å². The van der Waals surface area contributed by atoms with Crippen LogP contribution in [-0.4, -0.2) is 42.8 Å². The molecule has 2 atom stereocenters. The molecular weight excluding hydrogens is 312 g/mol. The van der Waals surface area contributed by atoms with Gasteiger partial charge in [0, 0.05) is 14.5 Å². The molecule has 1 aliphatic heterocycles. The fourth-order valence-electron chi connectivity index (χ4n) is 3.59. The molecule has 1 saturated heterocycles. The van der Waals surface area contributed by atoms with E-state index in [9.17, 15) is 4.79 Å². The van der Waals surface area contributed by atoms with Crippen molar-refractivity contribution in [3.8, 4) is 0 Å². The first-order valence-corrected chi connectivity index (χ1v) is 9.63. The van der Waals surface area contributed by atoms with Gasteiger partial charge in [-0.15, -0.1) is 0 Å². The highest BCUT2D eigenvalue weighted by Gasteiger charge is 2.37. The van der Waals surface area contributed by atoms with Crippen LogP contribution in [0.1, 0.15) is 40.6 Å². The number of benzene rings is 1. The molecule has 4 nitrogen and oxygen atoms in total. The van der Waals surface area contributed by atoms with Gasteiger partial charge in [0.15, 0.2) is 0 Å². The molecule has 25 heavy (non-hydrogen) atoms. The van der Waals surface area contributed by atoms with Gasteiger partial charge in [0.2, 0.25) is 0 Å². The standard InChI is InChI=1S/C21H32N2O2.H2/c1-21(2,3)25-20(24)23-14-18(11-16-7-5-4-6-8-16)19(15-23)13-22-12-17-9-10-17;/h4-8,17-19,22H,9-15H2,1-3H3;1H/t18-,19-;/m1./s1. The molecule has 1 amide bonds. The van der Waals surface area contributed by atoms with Crippen molar-refractivity contribution in [2.24, 2.45) is 17.8 Å². The fourth-order valence-corrected chi connectivity index (χ4v) is 3.59. The predicted octanol–water partition coefficient (Wildman–Crippen LogP) is 3.96. The number of ether oxygens (including phenoxy) is 1. The van der Waals surface area contributed by atoms with Crippen molar-refractivity contribution >= 4 is 6.09 Å². The topological polar surface area (TPSA) is 41.6 Å². The smallest absolute Gasteiger partial charge is 0.410 e. The summed E-state index contributed by atoms with van der Waals surface area (Å²) in [7, 11) is 0. The Morgan fingerprint density at radius 2 is 1.84 bits per heavy atom. The Hall–Kier alpha value is -1.55. The Morgan fingerprint density at radius 1 is 1.16 bits per heavy atom. The van der Waals surface area contributed by atoms with Crippen molar-refractivity contribution in [2.45, 2.75) is 45.6 Å². The summed E-state index contributed by atoms with van der Waals surface area (Å²) in [6.45, 7) is 9.49. The fraction of sp³-hybridized carbons (Fsp3) is 0.667. The molecule has 1 heterocycles. The van der Waals surface area contributed by atoms with E-state index in [-0.39, 0.29) is 7.52 Å². The third-order valence-corrected chi connectivity index (χ3v) is 5.11. The summed E-state index contributed by atoms with van der Waals surface area (Å²) in [5, 5.41) is 3.63. The van der Waals surface area contributed by atoms with Crippen molar-refractivity contribution in [3.63, 3.8) is 0 Å². The molecule has 1 aromatic carbocycles. The summed E-state index contributed by atoms with van der Waals surface area (Å²) in [4.78, 5) is 14.4. The summed E-state index contributed by atoms with van der Waals surface area (Å²) in [5.41, 5.74) is 0.916. The van der Waals surface area contributed by atoms with Crippen LogP contribution in [0.15, 0.2) is 30.3 Å². The summed E-state index contributed by atoms with van der Waals surface area (Å²) < 4.78 is 5.59. The molecule has 0 bridgehead atoms. The Kier molecular flexibility index (Phi) is 5.67. The zero-order valence-electron chi connectivity index (χ0n) is 15.8. The summed E-state index contributed by atoms with van der Waals surface area (Å²) in [6.07, 6.45) is 3.59.